The number of oxazole rings is 1. The Bertz CT molecular complexity index is 702. The molecular formula is C17H19N3O2. The van der Waals surface area contributed by atoms with Crippen LogP contribution >= 0.6 is 0 Å². The summed E-state index contributed by atoms with van der Waals surface area (Å²) in [5.74, 6) is 2.39. The van der Waals surface area contributed by atoms with E-state index in [0.717, 1.165) is 30.8 Å². The van der Waals surface area contributed by atoms with Crippen LogP contribution < -0.4 is 9.64 Å². The van der Waals surface area contributed by atoms with Crippen molar-refractivity contribution in [1.29, 1.82) is 5.26 Å². The lowest BCUT2D eigenvalue weighted by molar-refractivity contribution is 0.414. The van der Waals surface area contributed by atoms with E-state index < -0.39 is 0 Å². The van der Waals surface area contributed by atoms with Crippen molar-refractivity contribution >= 4 is 5.88 Å². The van der Waals surface area contributed by atoms with Crippen LogP contribution in [-0.4, -0.2) is 25.2 Å². The van der Waals surface area contributed by atoms with E-state index in [0.29, 0.717) is 23.4 Å². The second-order valence-electron chi connectivity index (χ2n) is 5.71. The zero-order chi connectivity index (χ0) is 15.5. The highest BCUT2D eigenvalue weighted by Gasteiger charge is 2.24. The second-order valence-corrected chi connectivity index (χ2v) is 5.71. The van der Waals surface area contributed by atoms with Crippen molar-refractivity contribution in [2.24, 2.45) is 5.92 Å². The second kappa shape index (κ2) is 6.10. The summed E-state index contributed by atoms with van der Waals surface area (Å²) in [7, 11) is 1.62. The molecule has 0 amide bonds. The van der Waals surface area contributed by atoms with Crippen molar-refractivity contribution in [2.45, 2.75) is 19.8 Å². The molecule has 1 fully saturated rings. The number of hydrogen-bond acceptors (Lipinski definition) is 5. The van der Waals surface area contributed by atoms with Crippen LogP contribution in [0.5, 0.6) is 5.75 Å². The largest absolute Gasteiger partial charge is 0.497 e. The van der Waals surface area contributed by atoms with Gasteiger partial charge < -0.3 is 14.1 Å². The first kappa shape index (κ1) is 14.5. The van der Waals surface area contributed by atoms with Crippen molar-refractivity contribution in [3.63, 3.8) is 0 Å². The predicted molar refractivity (Wildman–Crippen MR) is 83.8 cm³/mol. The van der Waals surface area contributed by atoms with Gasteiger partial charge in [0.05, 0.1) is 7.11 Å². The lowest BCUT2D eigenvalue weighted by Gasteiger charge is -2.30. The van der Waals surface area contributed by atoms with E-state index in [1.165, 1.54) is 6.42 Å². The Morgan fingerprint density at radius 1 is 1.45 bits per heavy atom. The van der Waals surface area contributed by atoms with Crippen molar-refractivity contribution < 1.29 is 9.15 Å². The van der Waals surface area contributed by atoms with E-state index in [4.69, 9.17) is 9.15 Å². The number of rotatable bonds is 3. The molecule has 0 bridgehead atoms. The first-order valence-corrected chi connectivity index (χ1v) is 7.51. The molecule has 3 rings (SSSR count). The number of anilines is 1. The van der Waals surface area contributed by atoms with Gasteiger partial charge in [0, 0.05) is 18.7 Å². The third-order valence-corrected chi connectivity index (χ3v) is 3.98. The number of nitrogens with zero attached hydrogens (tertiary/aromatic N) is 3. The summed E-state index contributed by atoms with van der Waals surface area (Å²) in [5.41, 5.74) is 1.17. The minimum absolute atomic E-state index is 0.354. The molecule has 1 aliphatic rings. The summed E-state index contributed by atoms with van der Waals surface area (Å²) >= 11 is 0. The topological polar surface area (TPSA) is 62.3 Å². The van der Waals surface area contributed by atoms with Gasteiger partial charge in [-0.05, 0) is 37.0 Å². The van der Waals surface area contributed by atoms with E-state index in [-0.39, 0.29) is 0 Å². The molecule has 1 atom stereocenters. The van der Waals surface area contributed by atoms with Crippen molar-refractivity contribution in [3.8, 4) is 23.3 Å². The van der Waals surface area contributed by atoms with Gasteiger partial charge in [0.2, 0.25) is 17.5 Å². The molecule has 0 N–H and O–H groups in total. The average Bonchev–Trinajstić information content (AvgIpc) is 2.99. The average molecular weight is 297 g/mol. The Kier molecular flexibility index (Phi) is 4.01. The maximum absolute atomic E-state index is 9.35. The maximum atomic E-state index is 9.35. The van der Waals surface area contributed by atoms with E-state index >= 15 is 0 Å². The molecule has 114 valence electrons. The standard InChI is InChI=1S/C17H19N3O2/c1-12-5-4-8-20(11-12)17-15(10-18)19-16(22-17)13-6-3-7-14(9-13)21-2/h3,6-7,9,12H,4-5,8,11H2,1-2H3/t12-/m1/s1. The van der Waals surface area contributed by atoms with Crippen LogP contribution in [0.2, 0.25) is 0 Å². The number of benzene rings is 1. The van der Waals surface area contributed by atoms with Crippen molar-refractivity contribution in [3.05, 3.63) is 30.0 Å². The zero-order valence-corrected chi connectivity index (χ0v) is 12.9. The number of hydrogen-bond donors (Lipinski definition) is 0. The number of nitriles is 1. The molecule has 1 aliphatic heterocycles. The molecule has 2 heterocycles. The van der Waals surface area contributed by atoms with Crippen LogP contribution in [0.4, 0.5) is 5.88 Å². The Morgan fingerprint density at radius 2 is 2.32 bits per heavy atom. The van der Waals surface area contributed by atoms with E-state index in [2.05, 4.69) is 22.9 Å². The SMILES string of the molecule is COc1cccc(-c2nc(C#N)c(N3CCC[C@@H](C)C3)o2)c1. The Balaban J connectivity index is 1.96. The van der Waals surface area contributed by atoms with Gasteiger partial charge in [-0.2, -0.15) is 10.2 Å². The highest BCUT2D eigenvalue weighted by atomic mass is 16.5. The van der Waals surface area contributed by atoms with Crippen LogP contribution in [0.15, 0.2) is 28.7 Å². The highest BCUT2D eigenvalue weighted by Crippen LogP contribution is 2.32. The summed E-state index contributed by atoms with van der Waals surface area (Å²) in [4.78, 5) is 6.48. The van der Waals surface area contributed by atoms with Gasteiger partial charge in [-0.25, -0.2) is 0 Å². The fraction of sp³-hybridized carbons (Fsp3) is 0.412. The van der Waals surface area contributed by atoms with Gasteiger partial charge in [-0.3, -0.25) is 0 Å². The smallest absolute Gasteiger partial charge is 0.235 e. The Morgan fingerprint density at radius 3 is 3.05 bits per heavy atom. The number of methoxy groups -OCH3 is 1. The minimum atomic E-state index is 0.354. The zero-order valence-electron chi connectivity index (χ0n) is 12.9. The quantitative estimate of drug-likeness (QED) is 0.868. The molecule has 0 radical (unpaired) electrons. The Labute approximate surface area is 130 Å². The first-order chi connectivity index (χ1) is 10.7. The van der Waals surface area contributed by atoms with Crippen LogP contribution in [0.25, 0.3) is 11.5 Å². The van der Waals surface area contributed by atoms with Crippen molar-refractivity contribution in [2.75, 3.05) is 25.1 Å². The normalized spacial score (nSPS) is 18.0. The van der Waals surface area contributed by atoms with Gasteiger partial charge in [-0.1, -0.05) is 13.0 Å². The number of aromatic nitrogens is 1. The van der Waals surface area contributed by atoms with Gasteiger partial charge >= 0.3 is 0 Å². The third kappa shape index (κ3) is 2.77. The van der Waals surface area contributed by atoms with Crippen LogP contribution in [0, 0.1) is 17.2 Å². The van der Waals surface area contributed by atoms with E-state index in [9.17, 15) is 5.26 Å². The Hall–Kier alpha value is -2.48. The molecule has 22 heavy (non-hydrogen) atoms. The van der Waals surface area contributed by atoms with Crippen LogP contribution in [0.3, 0.4) is 0 Å². The molecule has 0 aliphatic carbocycles. The molecule has 5 heteroatoms. The lowest BCUT2D eigenvalue weighted by atomic mass is 10.0. The van der Waals surface area contributed by atoms with Crippen LogP contribution in [0.1, 0.15) is 25.5 Å². The molecule has 0 saturated carbocycles. The number of piperidine rings is 1. The summed E-state index contributed by atoms with van der Waals surface area (Å²) in [6.07, 6.45) is 2.33. The molecule has 1 aromatic carbocycles. The molecule has 1 saturated heterocycles. The summed E-state index contributed by atoms with van der Waals surface area (Å²) in [5, 5.41) is 9.35. The summed E-state index contributed by atoms with van der Waals surface area (Å²) in [6, 6.07) is 9.65. The summed E-state index contributed by atoms with van der Waals surface area (Å²) < 4.78 is 11.1. The molecule has 0 unspecified atom stereocenters. The predicted octanol–water partition coefficient (Wildman–Crippen LogP) is 3.46. The lowest BCUT2D eigenvalue weighted by Crippen LogP contribution is -2.34. The number of ether oxygens (including phenoxy) is 1. The molecule has 5 nitrogen and oxygen atoms in total. The monoisotopic (exact) mass is 297 g/mol. The molecule has 2 aromatic rings. The van der Waals surface area contributed by atoms with E-state index in [1.807, 2.05) is 24.3 Å². The van der Waals surface area contributed by atoms with Gasteiger partial charge in [0.25, 0.3) is 0 Å². The fourth-order valence-corrected chi connectivity index (χ4v) is 2.85. The van der Waals surface area contributed by atoms with Crippen LogP contribution in [-0.2, 0) is 0 Å². The molecule has 0 spiro atoms. The maximum Gasteiger partial charge on any atom is 0.235 e. The fourth-order valence-electron chi connectivity index (χ4n) is 2.85. The molecule has 1 aromatic heterocycles. The van der Waals surface area contributed by atoms with Gasteiger partial charge in [0.15, 0.2) is 0 Å². The van der Waals surface area contributed by atoms with Gasteiger partial charge in [-0.15, -0.1) is 0 Å². The molecular weight excluding hydrogens is 278 g/mol. The third-order valence-electron chi connectivity index (χ3n) is 3.98. The van der Waals surface area contributed by atoms with E-state index in [1.54, 1.807) is 7.11 Å². The van der Waals surface area contributed by atoms with Gasteiger partial charge in [0.1, 0.15) is 11.8 Å². The van der Waals surface area contributed by atoms with Crippen molar-refractivity contribution in [1.82, 2.24) is 4.98 Å². The minimum Gasteiger partial charge on any atom is -0.497 e. The highest BCUT2D eigenvalue weighted by molar-refractivity contribution is 5.61. The first-order valence-electron chi connectivity index (χ1n) is 7.51. The summed E-state index contributed by atoms with van der Waals surface area (Å²) in [6.45, 7) is 4.03.